The minimum Gasteiger partial charge on any atom is -0.369 e. The van der Waals surface area contributed by atoms with E-state index in [9.17, 15) is 9.18 Å². The molecular weight excluding hydrogens is 414 g/mol. The molecule has 0 bridgehead atoms. The lowest BCUT2D eigenvalue weighted by Crippen LogP contribution is -2.46. The number of piperazine rings is 1. The lowest BCUT2D eigenvalue weighted by atomic mass is 10.0. The summed E-state index contributed by atoms with van der Waals surface area (Å²) in [6, 6.07) is 4.63. The number of hydrogen-bond donors (Lipinski definition) is 2. The molecule has 158 valence electrons. The normalized spacial score (nSPS) is 15.0. The van der Waals surface area contributed by atoms with Gasteiger partial charge in [0.25, 0.3) is 0 Å². The molecule has 0 aromatic heterocycles. The fourth-order valence-corrected chi connectivity index (χ4v) is 3.12. The minimum absolute atomic E-state index is 0. The van der Waals surface area contributed by atoms with Gasteiger partial charge < -0.3 is 20.9 Å². The van der Waals surface area contributed by atoms with Gasteiger partial charge in [-0.1, -0.05) is 6.92 Å². The van der Waals surface area contributed by atoms with Crippen LogP contribution in [-0.4, -0.2) is 50.1 Å². The fraction of sp³-hybridized carbons (Fsp3) is 0.611. The largest absolute Gasteiger partial charge is 0.369 e. The maximum atomic E-state index is 13.8. The zero-order chi connectivity index (χ0) is 17.5. The number of halogens is 4. The second-order valence-corrected chi connectivity index (χ2v) is 6.31. The van der Waals surface area contributed by atoms with Crippen LogP contribution in [-0.2, 0) is 4.79 Å². The third-order valence-corrected chi connectivity index (χ3v) is 4.60. The molecule has 1 aliphatic rings. The number of nitrogens with one attached hydrogen (secondary N) is 1. The van der Waals surface area contributed by atoms with E-state index in [4.69, 9.17) is 5.73 Å². The molecule has 1 fully saturated rings. The van der Waals surface area contributed by atoms with E-state index in [0.717, 1.165) is 44.0 Å². The maximum absolute atomic E-state index is 13.8. The van der Waals surface area contributed by atoms with E-state index in [1.54, 1.807) is 0 Å². The maximum Gasteiger partial charge on any atom is 0.220 e. The van der Waals surface area contributed by atoms with Gasteiger partial charge >= 0.3 is 0 Å². The molecule has 0 spiro atoms. The van der Waals surface area contributed by atoms with Crippen molar-refractivity contribution in [2.45, 2.75) is 32.7 Å². The van der Waals surface area contributed by atoms with E-state index in [0.29, 0.717) is 19.4 Å². The van der Waals surface area contributed by atoms with Gasteiger partial charge in [-0.3, -0.25) is 4.79 Å². The number of hydrogen-bond acceptors (Lipinski definition) is 4. The molecule has 9 heteroatoms. The Hall–Kier alpha value is -0.790. The lowest BCUT2D eigenvalue weighted by molar-refractivity contribution is -0.121. The first-order valence-corrected chi connectivity index (χ1v) is 8.81. The van der Waals surface area contributed by atoms with E-state index in [-0.39, 0.29) is 55.0 Å². The minimum atomic E-state index is -0.274. The van der Waals surface area contributed by atoms with Crippen molar-refractivity contribution in [2.24, 2.45) is 5.73 Å². The molecule has 5 nitrogen and oxygen atoms in total. The van der Waals surface area contributed by atoms with Crippen LogP contribution < -0.4 is 16.0 Å². The number of rotatable bonds is 7. The first kappa shape index (κ1) is 28.4. The summed E-state index contributed by atoms with van der Waals surface area (Å²) in [5, 5.41) is 2.96. The summed E-state index contributed by atoms with van der Waals surface area (Å²) in [7, 11) is 0. The predicted molar refractivity (Wildman–Crippen MR) is 117 cm³/mol. The third kappa shape index (κ3) is 8.40. The molecule has 1 aromatic rings. The van der Waals surface area contributed by atoms with Crippen LogP contribution in [0.15, 0.2) is 18.2 Å². The quantitative estimate of drug-likeness (QED) is 0.677. The average Bonchev–Trinajstić information content (AvgIpc) is 2.60. The van der Waals surface area contributed by atoms with Crippen molar-refractivity contribution in [3.8, 4) is 0 Å². The number of nitrogens with two attached hydrogens (primary N) is 1. The summed E-state index contributed by atoms with van der Waals surface area (Å²) in [6.45, 7) is 9.46. The third-order valence-electron chi connectivity index (χ3n) is 4.60. The molecule has 1 amide bonds. The molecule has 1 aliphatic heterocycles. The van der Waals surface area contributed by atoms with Crippen molar-refractivity contribution < 1.29 is 9.18 Å². The van der Waals surface area contributed by atoms with Crippen LogP contribution in [0.25, 0.3) is 0 Å². The lowest BCUT2D eigenvalue weighted by Gasteiger charge is -2.37. The van der Waals surface area contributed by atoms with Crippen molar-refractivity contribution in [1.29, 1.82) is 0 Å². The molecule has 1 atom stereocenters. The van der Waals surface area contributed by atoms with Crippen LogP contribution in [0, 0.1) is 5.82 Å². The van der Waals surface area contributed by atoms with Crippen LogP contribution >= 0.6 is 37.2 Å². The Kier molecular flexibility index (Phi) is 15.0. The van der Waals surface area contributed by atoms with Gasteiger partial charge in [0.05, 0.1) is 6.04 Å². The highest BCUT2D eigenvalue weighted by atomic mass is 35.5. The number of benzene rings is 1. The van der Waals surface area contributed by atoms with Crippen LogP contribution in [0.3, 0.4) is 0 Å². The zero-order valence-corrected chi connectivity index (χ0v) is 18.4. The Bertz CT molecular complexity index is 557. The van der Waals surface area contributed by atoms with Crippen molar-refractivity contribution in [3.05, 3.63) is 29.6 Å². The molecule has 2 rings (SSSR count). The van der Waals surface area contributed by atoms with Crippen LogP contribution in [0.4, 0.5) is 10.1 Å². The molecular formula is C18H32Cl3FN4O. The number of likely N-dealkylation sites (N-methyl/N-ethyl adjacent to an activating group) is 1. The monoisotopic (exact) mass is 444 g/mol. The van der Waals surface area contributed by atoms with Gasteiger partial charge in [-0.15, -0.1) is 37.2 Å². The van der Waals surface area contributed by atoms with Crippen molar-refractivity contribution >= 4 is 48.8 Å². The number of carbonyl (C=O) groups excluding carboxylic acids is 1. The van der Waals surface area contributed by atoms with E-state index in [1.165, 1.54) is 12.1 Å². The smallest absolute Gasteiger partial charge is 0.220 e. The van der Waals surface area contributed by atoms with Crippen LogP contribution in [0.1, 0.15) is 38.3 Å². The summed E-state index contributed by atoms with van der Waals surface area (Å²) >= 11 is 0. The van der Waals surface area contributed by atoms with E-state index in [1.807, 2.05) is 13.0 Å². The molecule has 3 N–H and O–H groups in total. The van der Waals surface area contributed by atoms with E-state index >= 15 is 0 Å². The molecule has 0 radical (unpaired) electrons. The van der Waals surface area contributed by atoms with Crippen LogP contribution in [0.2, 0.25) is 0 Å². The van der Waals surface area contributed by atoms with Gasteiger partial charge in [-0.05, 0) is 44.6 Å². The topological polar surface area (TPSA) is 61.6 Å². The van der Waals surface area contributed by atoms with Gasteiger partial charge in [0.1, 0.15) is 5.82 Å². The average molecular weight is 446 g/mol. The molecule has 1 aromatic carbocycles. The van der Waals surface area contributed by atoms with Gasteiger partial charge in [-0.2, -0.15) is 0 Å². The number of amides is 1. The summed E-state index contributed by atoms with van der Waals surface area (Å²) in [5.74, 6) is -0.317. The molecule has 27 heavy (non-hydrogen) atoms. The fourth-order valence-electron chi connectivity index (χ4n) is 3.12. The molecule has 0 saturated carbocycles. The van der Waals surface area contributed by atoms with Gasteiger partial charge in [0.2, 0.25) is 5.91 Å². The first-order chi connectivity index (χ1) is 11.5. The Morgan fingerprint density at radius 1 is 1.22 bits per heavy atom. The Balaban J connectivity index is 0. The number of anilines is 1. The first-order valence-electron chi connectivity index (χ1n) is 8.81. The summed E-state index contributed by atoms with van der Waals surface area (Å²) in [6.07, 6.45) is 1.06. The van der Waals surface area contributed by atoms with Gasteiger partial charge in [0, 0.05) is 43.9 Å². The standard InChI is InChI=1S/C18H29FN4O.3ClH/c1-3-22-9-11-23(12-10-22)17-7-6-15(19)13-16(17)14(2)21-18(24)5-4-8-20;;;/h6-7,13-14H,3-5,8-12,20H2,1-2H3,(H,21,24);3*1H. The van der Waals surface area contributed by atoms with Crippen molar-refractivity contribution in [1.82, 2.24) is 10.2 Å². The summed E-state index contributed by atoms with van der Waals surface area (Å²) in [5.41, 5.74) is 7.29. The van der Waals surface area contributed by atoms with E-state index < -0.39 is 0 Å². The Labute approximate surface area is 180 Å². The SMILES string of the molecule is CCN1CCN(c2ccc(F)cc2C(C)NC(=O)CCCN)CC1.Cl.Cl.Cl. The second kappa shape index (κ2) is 14.2. The molecule has 1 saturated heterocycles. The second-order valence-electron chi connectivity index (χ2n) is 6.31. The molecule has 1 unspecified atom stereocenters. The molecule has 0 aliphatic carbocycles. The highest BCUT2D eigenvalue weighted by molar-refractivity contribution is 5.86. The van der Waals surface area contributed by atoms with Gasteiger partial charge in [0.15, 0.2) is 0 Å². The molecule has 1 heterocycles. The highest BCUT2D eigenvalue weighted by Crippen LogP contribution is 2.28. The number of carbonyl (C=O) groups is 1. The summed E-state index contributed by atoms with van der Waals surface area (Å²) in [4.78, 5) is 16.6. The Morgan fingerprint density at radius 3 is 2.41 bits per heavy atom. The Morgan fingerprint density at radius 2 is 1.85 bits per heavy atom. The van der Waals surface area contributed by atoms with Crippen LogP contribution in [0.5, 0.6) is 0 Å². The number of nitrogens with zero attached hydrogens (tertiary/aromatic N) is 2. The zero-order valence-electron chi connectivity index (χ0n) is 15.9. The van der Waals surface area contributed by atoms with E-state index in [2.05, 4.69) is 22.0 Å². The van der Waals surface area contributed by atoms with Gasteiger partial charge in [-0.25, -0.2) is 4.39 Å². The highest BCUT2D eigenvalue weighted by Gasteiger charge is 2.21. The van der Waals surface area contributed by atoms with Crippen molar-refractivity contribution in [3.63, 3.8) is 0 Å². The van der Waals surface area contributed by atoms with Crippen molar-refractivity contribution in [2.75, 3.05) is 44.2 Å². The summed E-state index contributed by atoms with van der Waals surface area (Å²) < 4.78 is 13.8. The predicted octanol–water partition coefficient (Wildman–Crippen LogP) is 3.15.